The summed E-state index contributed by atoms with van der Waals surface area (Å²) in [5, 5.41) is 0.720. The van der Waals surface area contributed by atoms with E-state index in [0.717, 1.165) is 10.1 Å². The number of aromatic nitrogens is 2. The molecule has 5 rings (SSSR count). The molecule has 0 saturated carbocycles. The minimum Gasteiger partial charge on any atom is -0.472 e. The Morgan fingerprint density at radius 1 is 1.15 bits per heavy atom. The monoisotopic (exact) mass is 488 g/mol. The molecule has 170 valence electrons. The van der Waals surface area contributed by atoms with E-state index < -0.39 is 11.2 Å². The summed E-state index contributed by atoms with van der Waals surface area (Å²) in [4.78, 5) is 26.3. The number of rotatable bonds is 4. The van der Waals surface area contributed by atoms with E-state index in [4.69, 9.17) is 37.1 Å². The van der Waals surface area contributed by atoms with E-state index in [2.05, 4.69) is 0 Å². The molecule has 1 atom stereocenters. The van der Waals surface area contributed by atoms with Gasteiger partial charge in [-0.1, -0.05) is 17.7 Å². The molecule has 0 radical (unpaired) electrons. The third-order valence-corrected chi connectivity index (χ3v) is 6.24. The van der Waals surface area contributed by atoms with Crippen molar-refractivity contribution >= 4 is 40.4 Å². The van der Waals surface area contributed by atoms with Gasteiger partial charge in [0, 0.05) is 31.8 Å². The molecule has 0 spiro atoms. The van der Waals surface area contributed by atoms with Crippen molar-refractivity contribution in [3.8, 4) is 0 Å². The Bertz CT molecular complexity index is 1480. The van der Waals surface area contributed by atoms with Gasteiger partial charge in [0.15, 0.2) is 23.6 Å². The molecule has 2 aromatic heterocycles. The van der Waals surface area contributed by atoms with E-state index in [9.17, 15) is 9.59 Å². The molecule has 0 saturated heterocycles. The number of nitrogens with zero attached hydrogens (tertiary/aromatic N) is 3. The van der Waals surface area contributed by atoms with Crippen LogP contribution in [0.3, 0.4) is 0 Å². The molecule has 1 unspecified atom stereocenters. The van der Waals surface area contributed by atoms with Gasteiger partial charge in [0.2, 0.25) is 11.5 Å². The largest absolute Gasteiger partial charge is 0.472 e. The van der Waals surface area contributed by atoms with Crippen molar-refractivity contribution in [1.82, 2.24) is 9.13 Å². The number of benzene rings is 1. The summed E-state index contributed by atoms with van der Waals surface area (Å²) in [7, 11) is 4.68. The number of hydrogen-bond acceptors (Lipinski definition) is 5. The molecule has 10 heteroatoms. The first-order chi connectivity index (χ1) is 15.8. The molecule has 0 N–H and O–H groups in total. The van der Waals surface area contributed by atoms with Crippen molar-refractivity contribution in [1.29, 1.82) is 0 Å². The Morgan fingerprint density at radius 3 is 2.61 bits per heavy atom. The first-order valence-corrected chi connectivity index (χ1v) is 10.9. The minimum absolute atomic E-state index is 0.192. The lowest BCUT2D eigenvalue weighted by Gasteiger charge is -2.23. The third-order valence-electron chi connectivity index (χ3n) is 5.80. The van der Waals surface area contributed by atoms with Crippen molar-refractivity contribution < 1.29 is 18.5 Å². The van der Waals surface area contributed by atoms with E-state index in [1.54, 1.807) is 38.4 Å². The first-order valence-electron chi connectivity index (χ1n) is 10.2. The van der Waals surface area contributed by atoms with Gasteiger partial charge in [-0.15, -0.1) is 0 Å². The number of hydrogen-bond donors (Lipinski definition) is 0. The Labute approximate surface area is 198 Å². The predicted octanol–water partition coefficient (Wildman–Crippen LogP) is 2.72. The quantitative estimate of drug-likeness (QED) is 0.527. The molecule has 4 heterocycles. The van der Waals surface area contributed by atoms with Gasteiger partial charge in [-0.3, -0.25) is 13.9 Å². The second-order valence-electron chi connectivity index (χ2n) is 7.88. The molecule has 0 aliphatic carbocycles. The molecule has 33 heavy (non-hydrogen) atoms. The van der Waals surface area contributed by atoms with Gasteiger partial charge >= 0.3 is 5.69 Å². The van der Waals surface area contributed by atoms with Crippen LogP contribution >= 0.6 is 23.2 Å². The Kier molecular flexibility index (Phi) is 5.31. The normalized spacial score (nSPS) is 17.3. The van der Waals surface area contributed by atoms with Gasteiger partial charge in [-0.2, -0.15) is 4.58 Å². The fourth-order valence-electron chi connectivity index (χ4n) is 4.41. The smallest absolute Gasteiger partial charge is 0.331 e. The zero-order valence-electron chi connectivity index (χ0n) is 18.1. The lowest BCUT2D eigenvalue weighted by atomic mass is 10.0. The number of fused-ring (bicyclic) bond motifs is 3. The van der Waals surface area contributed by atoms with Crippen LogP contribution in [0.15, 0.2) is 50.4 Å². The van der Waals surface area contributed by atoms with E-state index in [1.807, 2.05) is 16.7 Å². The van der Waals surface area contributed by atoms with Crippen molar-refractivity contribution in [3.63, 3.8) is 0 Å². The average Bonchev–Trinajstić information content (AvgIpc) is 3.37. The van der Waals surface area contributed by atoms with Gasteiger partial charge in [-0.25, -0.2) is 4.79 Å². The summed E-state index contributed by atoms with van der Waals surface area (Å²) in [5.41, 5.74) is 1.89. The highest BCUT2D eigenvalue weighted by atomic mass is 35.5. The van der Waals surface area contributed by atoms with Crippen LogP contribution in [0.5, 0.6) is 0 Å². The van der Waals surface area contributed by atoms with Crippen molar-refractivity contribution in [2.75, 3.05) is 20.3 Å². The van der Waals surface area contributed by atoms with Gasteiger partial charge in [0.25, 0.3) is 11.3 Å². The molecule has 3 aromatic rings. The Morgan fingerprint density at radius 2 is 1.94 bits per heavy atom. The van der Waals surface area contributed by atoms with Crippen LogP contribution < -0.4 is 11.2 Å². The van der Waals surface area contributed by atoms with E-state index in [1.165, 1.54) is 11.6 Å². The fourth-order valence-corrected chi connectivity index (χ4v) is 4.74. The van der Waals surface area contributed by atoms with Crippen molar-refractivity contribution in [3.05, 3.63) is 90.1 Å². The van der Waals surface area contributed by atoms with Crippen LogP contribution in [0.25, 0.3) is 11.5 Å². The van der Waals surface area contributed by atoms with Crippen LogP contribution in [0, 0.1) is 0 Å². The van der Waals surface area contributed by atoms with Gasteiger partial charge in [0.05, 0.1) is 6.61 Å². The topological polar surface area (TPSA) is 78.6 Å². The maximum Gasteiger partial charge on any atom is 0.331 e. The zero-order valence-corrected chi connectivity index (χ0v) is 19.6. The molecular formula is C23H20Cl2N3O5+. The van der Waals surface area contributed by atoms with Crippen LogP contribution in [-0.2, 0) is 23.6 Å². The molecule has 0 amide bonds. The highest BCUT2D eigenvalue weighted by molar-refractivity contribution is 6.31. The predicted molar refractivity (Wildman–Crippen MR) is 124 cm³/mol. The van der Waals surface area contributed by atoms with Gasteiger partial charge in [-0.05, 0) is 41.9 Å². The Hall–Kier alpha value is -3.07. The fraction of sp³-hybridized carbons (Fsp3) is 0.261. The van der Waals surface area contributed by atoms with Gasteiger partial charge in [0.1, 0.15) is 11.3 Å². The molecule has 1 aromatic carbocycles. The summed E-state index contributed by atoms with van der Waals surface area (Å²) in [6, 6.07) is 10.5. The molecule has 2 aliphatic rings. The van der Waals surface area contributed by atoms with Crippen molar-refractivity contribution in [2.45, 2.75) is 6.10 Å². The van der Waals surface area contributed by atoms with E-state index >= 15 is 0 Å². The SMILES string of the molecule is COCC1C[N+]2=C(c3cccc(Cl)c3)c3c(n(C)c(=O)n(C)c3=O)C2=C(c2ccc(Cl)o2)O1. The lowest BCUT2D eigenvalue weighted by molar-refractivity contribution is -0.449. The van der Waals surface area contributed by atoms with E-state index in [0.29, 0.717) is 52.4 Å². The standard InChI is InChI=1S/C23H20Cl2N3O5/c1-26-19-17(22(29)27(2)23(26)30)18(12-5-4-6-13(24)9-12)28-10-14(11-31-3)32-21(20(19)28)15-7-8-16(25)33-15/h4-9,14H,10-11H2,1-3H3/q+1. The summed E-state index contributed by atoms with van der Waals surface area (Å²) in [6.07, 6.45) is -0.373. The van der Waals surface area contributed by atoms with Crippen LogP contribution in [-0.4, -0.2) is 45.8 Å². The van der Waals surface area contributed by atoms with Crippen LogP contribution in [0.1, 0.15) is 22.6 Å². The zero-order chi connectivity index (χ0) is 23.4. The van der Waals surface area contributed by atoms with Crippen LogP contribution in [0.2, 0.25) is 10.2 Å². The number of halogens is 2. The van der Waals surface area contributed by atoms with Crippen molar-refractivity contribution in [2.24, 2.45) is 14.1 Å². The second-order valence-corrected chi connectivity index (χ2v) is 8.68. The summed E-state index contributed by atoms with van der Waals surface area (Å²) >= 11 is 12.4. The lowest BCUT2D eigenvalue weighted by Crippen LogP contribution is -2.41. The molecule has 8 nitrogen and oxygen atoms in total. The summed E-state index contributed by atoms with van der Waals surface area (Å²) in [5.74, 6) is 0.754. The second kappa shape index (κ2) is 8.06. The Balaban J connectivity index is 1.94. The third kappa shape index (κ3) is 3.37. The van der Waals surface area contributed by atoms with Gasteiger partial charge < -0.3 is 13.9 Å². The number of ether oxygens (including phenoxy) is 2. The number of furan rings is 1. The molecule has 0 fully saturated rings. The highest BCUT2D eigenvalue weighted by Crippen LogP contribution is 2.39. The summed E-state index contributed by atoms with van der Waals surface area (Å²) in [6.45, 7) is 0.687. The van der Waals surface area contributed by atoms with E-state index in [-0.39, 0.29) is 11.3 Å². The summed E-state index contributed by atoms with van der Waals surface area (Å²) < 4.78 is 21.8. The molecular weight excluding hydrogens is 469 g/mol. The maximum absolute atomic E-state index is 13.4. The number of methoxy groups -OCH3 is 1. The first kappa shape index (κ1) is 21.8. The van der Waals surface area contributed by atoms with Crippen LogP contribution in [0.4, 0.5) is 0 Å². The molecule has 2 aliphatic heterocycles. The highest BCUT2D eigenvalue weighted by Gasteiger charge is 2.48. The average molecular weight is 489 g/mol. The molecule has 0 bridgehead atoms. The minimum atomic E-state index is -0.450. The maximum atomic E-state index is 13.4.